The molecule has 2 aromatic rings. The van der Waals surface area contributed by atoms with Crippen molar-refractivity contribution in [1.82, 2.24) is 15.6 Å². The van der Waals surface area contributed by atoms with Crippen LogP contribution in [-0.2, 0) is 11.3 Å². The lowest BCUT2D eigenvalue weighted by Gasteiger charge is -2.32. The van der Waals surface area contributed by atoms with Gasteiger partial charge >= 0.3 is 0 Å². The van der Waals surface area contributed by atoms with Crippen molar-refractivity contribution in [2.45, 2.75) is 39.3 Å². The fraction of sp³-hybridized carbons (Fsp3) is 0.545. The Labute approximate surface area is 178 Å². The number of nitrogens with one attached hydrogen (secondary N) is 2. The molecular formula is C22H33N5OS. The van der Waals surface area contributed by atoms with E-state index in [4.69, 9.17) is 9.73 Å². The number of ether oxygens (including phenoxy) is 1. The molecule has 7 heteroatoms. The van der Waals surface area contributed by atoms with Gasteiger partial charge in [0.25, 0.3) is 0 Å². The third-order valence-electron chi connectivity index (χ3n) is 5.05. The first-order valence-corrected chi connectivity index (χ1v) is 11.3. The van der Waals surface area contributed by atoms with Crippen LogP contribution in [0.3, 0.4) is 0 Å². The molecule has 1 aromatic carbocycles. The zero-order valence-electron chi connectivity index (χ0n) is 17.9. The molecule has 0 radical (unpaired) electrons. The van der Waals surface area contributed by atoms with Crippen LogP contribution in [0.15, 0.2) is 34.6 Å². The molecule has 2 atom stereocenters. The zero-order chi connectivity index (χ0) is 20.6. The van der Waals surface area contributed by atoms with E-state index in [1.54, 1.807) is 11.3 Å². The molecule has 6 nitrogen and oxygen atoms in total. The second-order valence-corrected chi connectivity index (χ2v) is 8.53. The fourth-order valence-corrected chi connectivity index (χ4v) is 4.23. The van der Waals surface area contributed by atoms with E-state index in [-0.39, 0.29) is 6.10 Å². The van der Waals surface area contributed by atoms with Gasteiger partial charge in [-0.15, -0.1) is 11.3 Å². The van der Waals surface area contributed by atoms with Gasteiger partial charge in [-0.25, -0.2) is 9.98 Å². The van der Waals surface area contributed by atoms with Gasteiger partial charge in [-0.2, -0.15) is 0 Å². The third kappa shape index (κ3) is 6.18. The van der Waals surface area contributed by atoms with Crippen molar-refractivity contribution < 1.29 is 4.74 Å². The Morgan fingerprint density at radius 2 is 2.07 bits per heavy atom. The topological polar surface area (TPSA) is 61.8 Å². The molecule has 1 fully saturated rings. The summed E-state index contributed by atoms with van der Waals surface area (Å²) in [4.78, 5) is 11.4. The molecule has 3 rings (SSSR count). The summed E-state index contributed by atoms with van der Waals surface area (Å²) in [5.74, 6) is 1.26. The van der Waals surface area contributed by atoms with E-state index in [1.165, 1.54) is 11.1 Å². The number of aliphatic imine (C=N–C) groups is 1. The molecule has 1 saturated heterocycles. The van der Waals surface area contributed by atoms with E-state index < -0.39 is 0 Å². The summed E-state index contributed by atoms with van der Waals surface area (Å²) >= 11 is 1.65. The highest BCUT2D eigenvalue weighted by Gasteiger charge is 2.27. The summed E-state index contributed by atoms with van der Waals surface area (Å²) in [6, 6.07) is 8.72. The van der Waals surface area contributed by atoms with Gasteiger partial charge in [0, 0.05) is 45.1 Å². The average molecular weight is 416 g/mol. The Bertz CT molecular complexity index is 787. The number of aromatic nitrogens is 1. The van der Waals surface area contributed by atoms with Gasteiger partial charge in [0.05, 0.1) is 18.3 Å². The third-order valence-corrected chi connectivity index (χ3v) is 6.11. The molecule has 158 valence electrons. The summed E-state index contributed by atoms with van der Waals surface area (Å²) < 4.78 is 6.15. The maximum atomic E-state index is 6.15. The maximum absolute atomic E-state index is 6.15. The number of hydrogen-bond acceptors (Lipinski definition) is 5. The molecule has 1 aliphatic heterocycles. The largest absolute Gasteiger partial charge is 0.373 e. The van der Waals surface area contributed by atoms with Gasteiger partial charge in [-0.1, -0.05) is 29.8 Å². The number of aryl methyl sites for hydroxylation is 1. The second-order valence-electron chi connectivity index (χ2n) is 7.70. The molecule has 0 bridgehead atoms. The first-order chi connectivity index (χ1) is 14.1. The molecule has 0 spiro atoms. The van der Waals surface area contributed by atoms with E-state index >= 15 is 0 Å². The van der Waals surface area contributed by atoms with Gasteiger partial charge in [0.1, 0.15) is 0 Å². The highest BCUT2D eigenvalue weighted by Crippen LogP contribution is 2.33. The summed E-state index contributed by atoms with van der Waals surface area (Å²) in [5.41, 5.74) is 3.54. The lowest BCUT2D eigenvalue weighted by Crippen LogP contribution is -2.42. The number of hydrogen-bond donors (Lipinski definition) is 2. The van der Waals surface area contributed by atoms with Gasteiger partial charge in [-0.05, 0) is 32.3 Å². The summed E-state index contributed by atoms with van der Waals surface area (Å²) in [6.07, 6.45) is 2.40. The van der Waals surface area contributed by atoms with Gasteiger partial charge < -0.3 is 20.3 Å². The zero-order valence-corrected chi connectivity index (χ0v) is 18.8. The van der Waals surface area contributed by atoms with Gasteiger partial charge in [0.15, 0.2) is 11.1 Å². The smallest absolute Gasteiger partial charge is 0.191 e. The number of nitrogens with zero attached hydrogens (tertiary/aromatic N) is 3. The molecule has 0 saturated carbocycles. The number of rotatable bonds is 7. The summed E-state index contributed by atoms with van der Waals surface area (Å²) in [7, 11) is 4.02. The molecule has 2 unspecified atom stereocenters. The van der Waals surface area contributed by atoms with E-state index in [2.05, 4.69) is 59.1 Å². The lowest BCUT2D eigenvalue weighted by atomic mass is 9.89. The average Bonchev–Trinajstić information content (AvgIpc) is 3.20. The van der Waals surface area contributed by atoms with E-state index in [1.807, 2.05) is 19.0 Å². The highest BCUT2D eigenvalue weighted by atomic mass is 32.1. The lowest BCUT2D eigenvalue weighted by molar-refractivity contribution is -0.0265. The molecule has 2 heterocycles. The first-order valence-electron chi connectivity index (χ1n) is 10.4. The Hall–Kier alpha value is -2.12. The monoisotopic (exact) mass is 415 g/mol. The highest BCUT2D eigenvalue weighted by molar-refractivity contribution is 7.13. The molecule has 1 aliphatic rings. The van der Waals surface area contributed by atoms with Crippen LogP contribution in [0.25, 0.3) is 0 Å². The predicted octanol–water partition coefficient (Wildman–Crippen LogP) is 3.74. The molecule has 29 heavy (non-hydrogen) atoms. The SMILES string of the molecule is CCNC(=NCc1csc(N(C)C)n1)NCC1CCCOC1c1ccc(C)cc1. The van der Waals surface area contributed by atoms with Crippen molar-refractivity contribution in [2.24, 2.45) is 10.9 Å². The molecular weight excluding hydrogens is 382 g/mol. The summed E-state index contributed by atoms with van der Waals surface area (Å²) in [6.45, 7) is 7.28. The van der Waals surface area contributed by atoms with Crippen molar-refractivity contribution in [1.29, 1.82) is 0 Å². The van der Waals surface area contributed by atoms with Crippen molar-refractivity contribution >= 4 is 22.4 Å². The number of thiazole rings is 1. The number of benzene rings is 1. The van der Waals surface area contributed by atoms with E-state index in [0.717, 1.165) is 49.3 Å². The summed E-state index contributed by atoms with van der Waals surface area (Å²) in [5, 5.41) is 9.95. The predicted molar refractivity (Wildman–Crippen MR) is 122 cm³/mol. The Morgan fingerprint density at radius 3 is 2.76 bits per heavy atom. The van der Waals surface area contributed by atoms with E-state index in [0.29, 0.717) is 12.5 Å². The normalized spacial score (nSPS) is 19.8. The minimum Gasteiger partial charge on any atom is -0.373 e. The number of guanidine groups is 1. The Kier molecular flexibility index (Phi) is 7.89. The van der Waals surface area contributed by atoms with Crippen molar-refractivity contribution in [2.75, 3.05) is 38.7 Å². The van der Waals surface area contributed by atoms with Gasteiger partial charge in [0.2, 0.25) is 0 Å². The maximum Gasteiger partial charge on any atom is 0.191 e. The van der Waals surface area contributed by atoms with Crippen LogP contribution < -0.4 is 15.5 Å². The van der Waals surface area contributed by atoms with Crippen LogP contribution in [-0.4, -0.2) is 44.7 Å². The van der Waals surface area contributed by atoms with Crippen LogP contribution in [0.4, 0.5) is 5.13 Å². The molecule has 0 amide bonds. The standard InChI is InChI=1S/C22H33N5OS/c1-5-23-21(25-14-19-15-29-22(26-19)27(3)4)24-13-18-7-6-12-28-20(18)17-10-8-16(2)9-11-17/h8-11,15,18,20H,5-7,12-14H2,1-4H3,(H2,23,24,25). The van der Waals surface area contributed by atoms with Crippen LogP contribution in [0.2, 0.25) is 0 Å². The van der Waals surface area contributed by atoms with Crippen LogP contribution in [0.1, 0.15) is 42.7 Å². The van der Waals surface area contributed by atoms with Crippen molar-refractivity contribution in [3.05, 3.63) is 46.5 Å². The van der Waals surface area contributed by atoms with E-state index in [9.17, 15) is 0 Å². The van der Waals surface area contributed by atoms with Crippen molar-refractivity contribution in [3.8, 4) is 0 Å². The van der Waals surface area contributed by atoms with Crippen molar-refractivity contribution in [3.63, 3.8) is 0 Å². The molecule has 1 aromatic heterocycles. The van der Waals surface area contributed by atoms with Crippen LogP contribution in [0.5, 0.6) is 0 Å². The Balaban J connectivity index is 1.62. The quantitative estimate of drug-likeness (QED) is 0.533. The Morgan fingerprint density at radius 1 is 1.28 bits per heavy atom. The number of anilines is 1. The molecule has 2 N–H and O–H groups in total. The fourth-order valence-electron chi connectivity index (χ4n) is 3.48. The molecule has 0 aliphatic carbocycles. The van der Waals surface area contributed by atoms with Gasteiger partial charge in [-0.3, -0.25) is 0 Å². The van der Waals surface area contributed by atoms with Crippen LogP contribution in [0, 0.1) is 12.8 Å². The first kappa shape index (κ1) is 21.6. The second kappa shape index (κ2) is 10.6. The van der Waals surface area contributed by atoms with Crippen LogP contribution >= 0.6 is 11.3 Å². The minimum absolute atomic E-state index is 0.140. The minimum atomic E-state index is 0.140.